The van der Waals surface area contributed by atoms with Crippen molar-refractivity contribution in [2.24, 2.45) is 0 Å². The summed E-state index contributed by atoms with van der Waals surface area (Å²) in [7, 11) is -4.61. The fourth-order valence-corrected chi connectivity index (χ4v) is 6.80. The standard InChI is InChI=1S/C40H53N3O5S.Na/c1-2-3-4-5-6-7-8-9-10-11-12-13-14-15-16-20-29-43-37-28-27-35(49(46,47)48)30-36(37)42-40(43)33-23-25-34(26-24-33)41-39(45)31-38(44)32-21-18-17-19-22-32;/h17-19,21-28,30H,2-16,20,29,31H2,1H3,(H,41,45)(H,46,47,48);/q;+1/p-1. The Morgan fingerprint density at radius 3 is 1.80 bits per heavy atom. The van der Waals surface area contributed by atoms with Crippen LogP contribution in [0.25, 0.3) is 22.4 Å². The monoisotopic (exact) mass is 709 g/mol. The first-order chi connectivity index (χ1) is 23.8. The molecule has 1 N–H and O–H groups in total. The number of unbranched alkanes of at least 4 members (excludes halogenated alkanes) is 15. The molecule has 0 fully saturated rings. The van der Waals surface area contributed by atoms with E-state index in [1.807, 2.05) is 18.2 Å². The van der Waals surface area contributed by atoms with Gasteiger partial charge in [-0.05, 0) is 48.9 Å². The maximum atomic E-state index is 12.5. The van der Waals surface area contributed by atoms with Crippen molar-refractivity contribution < 1.29 is 52.1 Å². The van der Waals surface area contributed by atoms with E-state index in [1.54, 1.807) is 42.5 Å². The molecule has 0 aliphatic carbocycles. The molecule has 8 nitrogen and oxygen atoms in total. The summed E-state index contributed by atoms with van der Waals surface area (Å²) in [5.41, 5.74) is 3.04. The second kappa shape index (κ2) is 22.2. The van der Waals surface area contributed by atoms with Gasteiger partial charge in [0.1, 0.15) is 15.9 Å². The Morgan fingerprint density at radius 2 is 1.26 bits per heavy atom. The molecule has 4 aromatic rings. The number of Topliss-reactive ketones (excluding diaryl/α,β-unsaturated/α-hetero) is 1. The summed E-state index contributed by atoms with van der Waals surface area (Å²) in [6.45, 7) is 2.97. The Kier molecular flexibility index (Phi) is 18.5. The van der Waals surface area contributed by atoms with Crippen LogP contribution in [0.4, 0.5) is 5.69 Å². The summed E-state index contributed by atoms with van der Waals surface area (Å²) >= 11 is 0. The summed E-state index contributed by atoms with van der Waals surface area (Å²) in [4.78, 5) is 29.4. The van der Waals surface area contributed by atoms with E-state index in [2.05, 4.69) is 16.8 Å². The second-order valence-corrected chi connectivity index (χ2v) is 14.5. The summed E-state index contributed by atoms with van der Waals surface area (Å²) in [5, 5.41) is 2.78. The molecule has 4 rings (SSSR count). The SMILES string of the molecule is CCCCCCCCCCCCCCCCCCn1c(-c2ccc(NC(=O)CC(=O)c3ccccc3)cc2)nc2cc(S(=O)(=O)[O-])ccc21.[Na+]. The van der Waals surface area contributed by atoms with Gasteiger partial charge in [-0.15, -0.1) is 0 Å². The van der Waals surface area contributed by atoms with Crippen LogP contribution in [0.15, 0.2) is 77.7 Å². The van der Waals surface area contributed by atoms with Gasteiger partial charge in [-0.1, -0.05) is 134 Å². The van der Waals surface area contributed by atoms with Gasteiger partial charge in [-0.25, -0.2) is 13.4 Å². The Balaban J connectivity index is 0.00000676. The maximum Gasteiger partial charge on any atom is 1.00 e. The van der Waals surface area contributed by atoms with E-state index in [1.165, 1.54) is 102 Å². The van der Waals surface area contributed by atoms with E-state index in [0.29, 0.717) is 29.1 Å². The zero-order chi connectivity index (χ0) is 34.9. The second-order valence-electron chi connectivity index (χ2n) is 13.1. The zero-order valence-electron chi connectivity index (χ0n) is 30.0. The van der Waals surface area contributed by atoms with E-state index < -0.39 is 16.0 Å². The third-order valence-electron chi connectivity index (χ3n) is 9.09. The molecule has 0 spiro atoms. The number of hydrogen-bond acceptors (Lipinski definition) is 6. The molecule has 0 aliphatic rings. The summed E-state index contributed by atoms with van der Waals surface area (Å²) in [6, 6.07) is 20.2. The Labute approximate surface area is 320 Å². The molecule has 0 bridgehead atoms. The minimum atomic E-state index is -4.61. The number of nitrogens with one attached hydrogen (secondary N) is 1. The van der Waals surface area contributed by atoms with Gasteiger partial charge in [-0.3, -0.25) is 9.59 Å². The fraction of sp³-hybridized carbons (Fsp3) is 0.475. The number of aromatic nitrogens is 2. The topological polar surface area (TPSA) is 121 Å². The number of nitrogens with zero attached hydrogens (tertiary/aromatic N) is 2. The first kappa shape index (κ1) is 41.6. The molecule has 1 heterocycles. The van der Waals surface area contributed by atoms with Gasteiger partial charge in [-0.2, -0.15) is 0 Å². The van der Waals surface area contributed by atoms with Crippen LogP contribution in [0.5, 0.6) is 0 Å². The third kappa shape index (κ3) is 13.7. The molecule has 0 saturated heterocycles. The number of carbonyl (C=O) groups excluding carboxylic acids is 2. The van der Waals surface area contributed by atoms with Gasteiger partial charge in [0.05, 0.1) is 22.3 Å². The molecular formula is C40H52N3NaO5S. The average molecular weight is 710 g/mol. The summed E-state index contributed by atoms with van der Waals surface area (Å²) < 4.78 is 37.2. The summed E-state index contributed by atoms with van der Waals surface area (Å²) in [5.74, 6) is 0.00853. The molecule has 50 heavy (non-hydrogen) atoms. The molecule has 0 radical (unpaired) electrons. The van der Waals surface area contributed by atoms with Crippen LogP contribution >= 0.6 is 0 Å². The van der Waals surface area contributed by atoms with Crippen LogP contribution in [0, 0.1) is 0 Å². The van der Waals surface area contributed by atoms with E-state index in [4.69, 9.17) is 4.98 Å². The number of carbonyl (C=O) groups is 2. The van der Waals surface area contributed by atoms with Crippen molar-refractivity contribution in [2.45, 2.75) is 128 Å². The minimum absolute atomic E-state index is 0. The Hall–Kier alpha value is -2.82. The normalized spacial score (nSPS) is 11.4. The number of anilines is 1. The number of aryl methyl sites for hydroxylation is 1. The molecular weight excluding hydrogens is 658 g/mol. The van der Waals surface area contributed by atoms with Crippen LogP contribution in [-0.2, 0) is 21.5 Å². The number of benzene rings is 3. The molecule has 3 aromatic carbocycles. The van der Waals surface area contributed by atoms with Crippen LogP contribution in [0.1, 0.15) is 126 Å². The van der Waals surface area contributed by atoms with Crippen LogP contribution < -0.4 is 34.9 Å². The van der Waals surface area contributed by atoms with E-state index in [0.717, 1.165) is 23.9 Å². The van der Waals surface area contributed by atoms with Crippen molar-refractivity contribution in [3.8, 4) is 11.4 Å². The largest absolute Gasteiger partial charge is 1.00 e. The zero-order valence-corrected chi connectivity index (χ0v) is 32.8. The third-order valence-corrected chi connectivity index (χ3v) is 9.92. The van der Waals surface area contributed by atoms with Crippen LogP contribution in [0.3, 0.4) is 0 Å². The predicted molar refractivity (Wildman–Crippen MR) is 197 cm³/mol. The number of rotatable bonds is 23. The van der Waals surface area contributed by atoms with Gasteiger partial charge in [0.25, 0.3) is 0 Å². The number of ketones is 1. The fourth-order valence-electron chi connectivity index (χ4n) is 6.31. The Morgan fingerprint density at radius 1 is 0.720 bits per heavy atom. The first-order valence-corrected chi connectivity index (χ1v) is 19.6. The smallest absolute Gasteiger partial charge is 0.744 e. The number of hydrogen-bond donors (Lipinski definition) is 1. The molecule has 1 aromatic heterocycles. The number of amides is 1. The van der Waals surface area contributed by atoms with Crippen molar-refractivity contribution in [3.63, 3.8) is 0 Å². The molecule has 10 heteroatoms. The van der Waals surface area contributed by atoms with Gasteiger partial charge in [0.15, 0.2) is 5.78 Å². The Bertz CT molecular complexity index is 1720. The van der Waals surface area contributed by atoms with Crippen molar-refractivity contribution in [2.75, 3.05) is 5.32 Å². The maximum absolute atomic E-state index is 12.5. The van der Waals surface area contributed by atoms with E-state index in [-0.39, 0.29) is 46.7 Å². The number of fused-ring (bicyclic) bond motifs is 1. The average Bonchev–Trinajstić information content (AvgIpc) is 3.46. The summed E-state index contributed by atoms with van der Waals surface area (Å²) in [6.07, 6.45) is 20.4. The number of imidazole rings is 1. The molecule has 1 amide bonds. The van der Waals surface area contributed by atoms with Crippen LogP contribution in [0.2, 0.25) is 0 Å². The molecule has 264 valence electrons. The molecule has 0 saturated carbocycles. The van der Waals surface area contributed by atoms with Crippen molar-refractivity contribution >= 4 is 38.5 Å². The van der Waals surface area contributed by atoms with Gasteiger partial charge < -0.3 is 14.4 Å². The predicted octanol–water partition coefficient (Wildman–Crippen LogP) is 7.08. The van der Waals surface area contributed by atoms with Crippen molar-refractivity contribution in [1.29, 1.82) is 0 Å². The van der Waals surface area contributed by atoms with Gasteiger partial charge >= 0.3 is 29.6 Å². The quantitative estimate of drug-likeness (QED) is 0.0289. The first-order valence-electron chi connectivity index (χ1n) is 18.2. The molecule has 0 atom stereocenters. The molecule has 0 aliphatic heterocycles. The van der Waals surface area contributed by atoms with Crippen LogP contribution in [-0.4, -0.2) is 34.2 Å². The van der Waals surface area contributed by atoms with Gasteiger partial charge in [0, 0.05) is 23.4 Å². The van der Waals surface area contributed by atoms with Gasteiger partial charge in [0.2, 0.25) is 5.91 Å². The van der Waals surface area contributed by atoms with E-state index >= 15 is 0 Å². The van der Waals surface area contributed by atoms with Crippen molar-refractivity contribution in [1.82, 2.24) is 9.55 Å². The van der Waals surface area contributed by atoms with E-state index in [9.17, 15) is 22.6 Å². The minimum Gasteiger partial charge on any atom is -0.744 e. The van der Waals surface area contributed by atoms with Crippen molar-refractivity contribution in [3.05, 3.63) is 78.4 Å². The molecule has 0 unspecified atom stereocenters.